The fourth-order valence-electron chi connectivity index (χ4n) is 4.16. The minimum Gasteiger partial charge on any atom is -0.379 e. The normalized spacial score (nSPS) is 17.4. The zero-order chi connectivity index (χ0) is 22.5. The van der Waals surface area contributed by atoms with Crippen LogP contribution in [0.2, 0.25) is 0 Å². The minimum absolute atomic E-state index is 0.291. The summed E-state index contributed by atoms with van der Waals surface area (Å²) in [5.74, 6) is -0.995. The van der Waals surface area contributed by atoms with E-state index in [1.54, 1.807) is 12.1 Å². The van der Waals surface area contributed by atoms with Crippen LogP contribution in [0.3, 0.4) is 0 Å². The molecular formula is C25H28FN3O3. The maximum atomic E-state index is 13.6. The Bertz CT molecular complexity index is 985. The maximum Gasteiger partial charge on any atom is 0.277 e. The largest absolute Gasteiger partial charge is 0.379 e. The lowest BCUT2D eigenvalue weighted by Crippen LogP contribution is -2.44. The number of rotatable bonds is 8. The maximum absolute atomic E-state index is 13.6. The van der Waals surface area contributed by atoms with Crippen LogP contribution in [0.1, 0.15) is 18.1 Å². The lowest BCUT2D eigenvalue weighted by Gasteiger charge is -2.28. The lowest BCUT2D eigenvalue weighted by molar-refractivity contribution is -0.138. The van der Waals surface area contributed by atoms with Crippen LogP contribution in [-0.4, -0.2) is 72.5 Å². The summed E-state index contributed by atoms with van der Waals surface area (Å²) in [6.45, 7) is 6.85. The van der Waals surface area contributed by atoms with E-state index in [2.05, 4.69) is 4.90 Å². The topological polar surface area (TPSA) is 53.1 Å². The molecule has 1 fully saturated rings. The van der Waals surface area contributed by atoms with E-state index in [9.17, 15) is 14.0 Å². The summed E-state index contributed by atoms with van der Waals surface area (Å²) >= 11 is 0. The fraction of sp³-hybridized carbons (Fsp3) is 0.360. The Labute approximate surface area is 187 Å². The molecule has 6 nitrogen and oxygen atoms in total. The number of likely N-dealkylation sites (N-methyl/N-ethyl adjacent to an activating group) is 1. The molecule has 32 heavy (non-hydrogen) atoms. The highest BCUT2D eigenvalue weighted by Crippen LogP contribution is 2.32. The molecule has 2 aliphatic heterocycles. The summed E-state index contributed by atoms with van der Waals surface area (Å²) in [6.07, 6.45) is 0. The Morgan fingerprint density at radius 1 is 0.938 bits per heavy atom. The monoisotopic (exact) mass is 437 g/mol. The number of carbonyl (C=O) groups is 2. The Balaban J connectivity index is 1.64. The van der Waals surface area contributed by atoms with Gasteiger partial charge in [-0.2, -0.15) is 0 Å². The van der Waals surface area contributed by atoms with Gasteiger partial charge in [0.1, 0.15) is 11.5 Å². The van der Waals surface area contributed by atoms with E-state index in [1.165, 1.54) is 17.0 Å². The van der Waals surface area contributed by atoms with Crippen molar-refractivity contribution in [1.29, 1.82) is 0 Å². The molecule has 2 amide bonds. The van der Waals surface area contributed by atoms with Gasteiger partial charge in [-0.15, -0.1) is 0 Å². The molecule has 0 radical (unpaired) electrons. The van der Waals surface area contributed by atoms with Gasteiger partial charge in [0, 0.05) is 39.3 Å². The first-order valence-corrected chi connectivity index (χ1v) is 11.0. The first kappa shape index (κ1) is 22.2. The number of hydrogen-bond acceptors (Lipinski definition) is 5. The Kier molecular flexibility index (Phi) is 6.97. The van der Waals surface area contributed by atoms with E-state index in [0.29, 0.717) is 56.2 Å². The molecular weight excluding hydrogens is 409 g/mol. The first-order valence-electron chi connectivity index (χ1n) is 11.0. The van der Waals surface area contributed by atoms with E-state index < -0.39 is 0 Å². The van der Waals surface area contributed by atoms with Gasteiger partial charge in [0.15, 0.2) is 0 Å². The third-order valence-corrected chi connectivity index (χ3v) is 5.93. The Morgan fingerprint density at radius 3 is 2.28 bits per heavy atom. The van der Waals surface area contributed by atoms with Crippen LogP contribution in [0.25, 0.3) is 5.57 Å². The minimum atomic E-state index is -0.381. The SMILES string of the molecule is CCN(Cc1ccccc1)C1=C(c2ccc(F)cc2)C(=O)N(CCN2CCOCC2)C1=O. The van der Waals surface area contributed by atoms with Crippen molar-refractivity contribution in [1.82, 2.24) is 14.7 Å². The highest BCUT2D eigenvalue weighted by atomic mass is 19.1. The van der Waals surface area contributed by atoms with Gasteiger partial charge in [-0.05, 0) is 30.2 Å². The van der Waals surface area contributed by atoms with E-state index in [4.69, 9.17) is 4.74 Å². The smallest absolute Gasteiger partial charge is 0.277 e. The average Bonchev–Trinajstić information content (AvgIpc) is 3.07. The second kappa shape index (κ2) is 10.1. The zero-order valence-corrected chi connectivity index (χ0v) is 18.3. The highest BCUT2D eigenvalue weighted by Gasteiger charge is 2.41. The predicted octanol–water partition coefficient (Wildman–Crippen LogP) is 2.76. The molecule has 0 aromatic heterocycles. The van der Waals surface area contributed by atoms with Crippen molar-refractivity contribution in [3.63, 3.8) is 0 Å². The number of hydrogen-bond donors (Lipinski definition) is 0. The summed E-state index contributed by atoms with van der Waals surface area (Å²) in [6, 6.07) is 15.6. The second-order valence-electron chi connectivity index (χ2n) is 7.95. The third-order valence-electron chi connectivity index (χ3n) is 5.93. The number of halogens is 1. The Morgan fingerprint density at radius 2 is 1.62 bits per heavy atom. The van der Waals surface area contributed by atoms with Crippen LogP contribution >= 0.6 is 0 Å². The van der Waals surface area contributed by atoms with Crippen LogP contribution in [0.15, 0.2) is 60.3 Å². The first-order chi connectivity index (χ1) is 15.6. The number of amides is 2. The van der Waals surface area contributed by atoms with E-state index in [1.807, 2.05) is 42.2 Å². The van der Waals surface area contributed by atoms with Gasteiger partial charge in [0.25, 0.3) is 11.8 Å². The molecule has 0 bridgehead atoms. The molecule has 4 rings (SSSR count). The molecule has 2 aliphatic rings. The molecule has 0 aliphatic carbocycles. The molecule has 7 heteroatoms. The van der Waals surface area contributed by atoms with Gasteiger partial charge in [-0.25, -0.2) is 4.39 Å². The molecule has 0 spiro atoms. The van der Waals surface area contributed by atoms with Crippen LogP contribution in [-0.2, 0) is 20.9 Å². The van der Waals surface area contributed by atoms with Crippen molar-refractivity contribution < 1.29 is 18.7 Å². The van der Waals surface area contributed by atoms with Crippen molar-refractivity contribution >= 4 is 17.4 Å². The predicted molar refractivity (Wildman–Crippen MR) is 120 cm³/mol. The van der Waals surface area contributed by atoms with E-state index in [0.717, 1.165) is 18.7 Å². The van der Waals surface area contributed by atoms with Crippen molar-refractivity contribution in [2.24, 2.45) is 0 Å². The zero-order valence-electron chi connectivity index (χ0n) is 18.3. The average molecular weight is 438 g/mol. The summed E-state index contributed by atoms with van der Waals surface area (Å²) in [4.78, 5) is 32.4. The fourth-order valence-corrected chi connectivity index (χ4v) is 4.16. The van der Waals surface area contributed by atoms with Gasteiger partial charge in [-0.1, -0.05) is 42.5 Å². The molecule has 0 atom stereocenters. The second-order valence-corrected chi connectivity index (χ2v) is 7.95. The summed E-state index contributed by atoms with van der Waals surface area (Å²) < 4.78 is 18.9. The molecule has 0 saturated carbocycles. The van der Waals surface area contributed by atoms with Gasteiger partial charge >= 0.3 is 0 Å². The molecule has 1 saturated heterocycles. The van der Waals surface area contributed by atoms with E-state index >= 15 is 0 Å². The van der Waals surface area contributed by atoms with Crippen molar-refractivity contribution in [2.75, 3.05) is 45.9 Å². The number of nitrogens with zero attached hydrogens (tertiary/aromatic N) is 3. The Hall–Kier alpha value is -3.03. The van der Waals surface area contributed by atoms with Gasteiger partial charge in [-0.3, -0.25) is 19.4 Å². The summed E-state index contributed by atoms with van der Waals surface area (Å²) in [7, 11) is 0. The van der Waals surface area contributed by atoms with Crippen LogP contribution < -0.4 is 0 Å². The number of benzene rings is 2. The molecule has 2 aromatic carbocycles. The van der Waals surface area contributed by atoms with Gasteiger partial charge in [0.05, 0.1) is 18.8 Å². The van der Waals surface area contributed by atoms with Crippen molar-refractivity contribution in [3.05, 3.63) is 77.2 Å². The third kappa shape index (κ3) is 4.74. The molecule has 168 valence electrons. The van der Waals surface area contributed by atoms with Gasteiger partial charge < -0.3 is 9.64 Å². The van der Waals surface area contributed by atoms with E-state index in [-0.39, 0.29) is 17.6 Å². The summed E-state index contributed by atoms with van der Waals surface area (Å²) in [5.41, 5.74) is 2.33. The molecule has 0 unspecified atom stereocenters. The van der Waals surface area contributed by atoms with Gasteiger partial charge in [0.2, 0.25) is 0 Å². The number of carbonyl (C=O) groups excluding carboxylic acids is 2. The molecule has 0 N–H and O–H groups in total. The van der Waals surface area contributed by atoms with Crippen LogP contribution in [0.4, 0.5) is 4.39 Å². The molecule has 2 heterocycles. The number of ether oxygens (including phenoxy) is 1. The van der Waals surface area contributed by atoms with Crippen LogP contribution in [0, 0.1) is 5.82 Å². The molecule has 2 aromatic rings. The summed E-state index contributed by atoms with van der Waals surface area (Å²) in [5, 5.41) is 0. The number of imide groups is 1. The van der Waals surface area contributed by atoms with Crippen LogP contribution in [0.5, 0.6) is 0 Å². The lowest BCUT2D eigenvalue weighted by atomic mass is 10.0. The van der Waals surface area contributed by atoms with Crippen molar-refractivity contribution in [2.45, 2.75) is 13.5 Å². The van der Waals surface area contributed by atoms with Crippen molar-refractivity contribution in [3.8, 4) is 0 Å². The highest BCUT2D eigenvalue weighted by molar-refractivity contribution is 6.35. The number of morpholine rings is 1. The standard InChI is InChI=1S/C25H28FN3O3/c1-2-28(18-19-6-4-3-5-7-19)23-22(20-8-10-21(26)11-9-20)24(30)29(25(23)31)13-12-27-14-16-32-17-15-27/h3-11H,2,12-18H2,1H3. The quantitative estimate of drug-likeness (QED) is 0.595.